The minimum absolute atomic E-state index is 0.640. The summed E-state index contributed by atoms with van der Waals surface area (Å²) in [7, 11) is 0. The summed E-state index contributed by atoms with van der Waals surface area (Å²) in [5.74, 6) is 3.60. The van der Waals surface area contributed by atoms with Crippen LogP contribution in [0, 0.1) is 3.57 Å². The van der Waals surface area contributed by atoms with Gasteiger partial charge in [-0.05, 0) is 96.8 Å². The fourth-order valence-corrected chi connectivity index (χ4v) is 10.1. The normalized spacial score (nSPS) is 12.5. The molecule has 4 aromatic carbocycles. The van der Waals surface area contributed by atoms with Crippen LogP contribution in [0.25, 0.3) is 0 Å². The Hall–Kier alpha value is -1.79. The summed E-state index contributed by atoms with van der Waals surface area (Å²) in [4.78, 5) is 8.53. The van der Waals surface area contributed by atoms with Crippen LogP contribution in [0.2, 0.25) is 0 Å². The van der Waals surface area contributed by atoms with Gasteiger partial charge in [0.2, 0.25) is 0 Å². The highest BCUT2D eigenvalue weighted by molar-refractivity contribution is 14.1. The van der Waals surface area contributed by atoms with Crippen molar-refractivity contribution in [2.24, 2.45) is 0 Å². The van der Waals surface area contributed by atoms with Gasteiger partial charge in [-0.25, -0.2) is 0 Å². The van der Waals surface area contributed by atoms with E-state index >= 15 is 0 Å². The van der Waals surface area contributed by atoms with Crippen LogP contribution in [0.1, 0.15) is 53.4 Å². The molecule has 1 aliphatic heterocycles. The maximum atomic E-state index is 6.54. The summed E-state index contributed by atoms with van der Waals surface area (Å²) in [6, 6.07) is 23.7. The highest BCUT2D eigenvalue weighted by Gasteiger charge is 2.23. The van der Waals surface area contributed by atoms with Crippen LogP contribution >= 0.6 is 69.6 Å². The second-order valence-corrected chi connectivity index (χ2v) is 15.9. The lowest BCUT2D eigenvalue weighted by Gasteiger charge is -2.21. The number of hydrogen-bond donors (Lipinski definition) is 0. The largest absolute Gasteiger partial charge is 0.491 e. The third-order valence-electron chi connectivity index (χ3n) is 6.50. The topological polar surface area (TPSA) is 36.9 Å². The van der Waals surface area contributed by atoms with Crippen LogP contribution in [0.4, 0.5) is 0 Å². The molecule has 0 spiro atoms. The van der Waals surface area contributed by atoms with E-state index in [4.69, 9.17) is 18.9 Å². The van der Waals surface area contributed by atoms with Crippen molar-refractivity contribution in [3.8, 4) is 23.0 Å². The first-order chi connectivity index (χ1) is 22.1. The lowest BCUT2D eigenvalue weighted by molar-refractivity contribution is 0.299. The maximum Gasteiger partial charge on any atom is 0.147 e. The van der Waals surface area contributed by atoms with Crippen molar-refractivity contribution in [2.45, 2.75) is 92.5 Å². The quantitative estimate of drug-likeness (QED) is 0.116. The zero-order valence-corrected chi connectivity index (χ0v) is 31.6. The van der Waals surface area contributed by atoms with Crippen LogP contribution in [-0.4, -0.2) is 26.4 Å². The Morgan fingerprint density at radius 2 is 0.667 bits per heavy atom. The van der Waals surface area contributed by atoms with Gasteiger partial charge in [0.25, 0.3) is 0 Å². The predicted octanol–water partition coefficient (Wildman–Crippen LogP) is 12.4. The second-order valence-electron chi connectivity index (χ2n) is 10.3. The van der Waals surface area contributed by atoms with Crippen LogP contribution in [0.15, 0.2) is 106 Å². The van der Waals surface area contributed by atoms with Gasteiger partial charge in [-0.1, -0.05) is 92.9 Å². The van der Waals surface area contributed by atoms with E-state index in [1.165, 1.54) is 0 Å². The molecule has 0 N–H and O–H groups in total. The summed E-state index contributed by atoms with van der Waals surface area (Å²) in [6.45, 7) is 11.1. The SMILES string of the molecule is CCCOc1c2cccc1Sc1cccc(c1OCCC)Sc1cc(I)cc(c1OCCC)Sc1cccc(c1OCCC)S2. The molecule has 0 radical (unpaired) electrons. The van der Waals surface area contributed by atoms with E-state index in [9.17, 15) is 0 Å². The Bertz CT molecular complexity index is 1490. The minimum Gasteiger partial charge on any atom is -0.491 e. The molecule has 0 aromatic heterocycles. The molecular weight excluding hydrogens is 752 g/mol. The Morgan fingerprint density at radius 3 is 0.933 bits per heavy atom. The second kappa shape index (κ2) is 17.4. The molecule has 1 heterocycles. The number of rotatable bonds is 12. The molecule has 0 atom stereocenters. The van der Waals surface area contributed by atoms with Crippen molar-refractivity contribution >= 4 is 69.6 Å². The maximum absolute atomic E-state index is 6.54. The molecule has 0 unspecified atom stereocenters. The van der Waals surface area contributed by atoms with Gasteiger partial charge in [0.05, 0.1) is 65.6 Å². The van der Waals surface area contributed by atoms with Crippen molar-refractivity contribution in [1.82, 2.24) is 0 Å². The Morgan fingerprint density at radius 1 is 0.422 bits per heavy atom. The van der Waals surface area contributed by atoms with Crippen LogP contribution in [0.3, 0.4) is 0 Å². The van der Waals surface area contributed by atoms with Crippen molar-refractivity contribution in [3.63, 3.8) is 0 Å². The summed E-state index contributed by atoms with van der Waals surface area (Å²) < 4.78 is 27.2. The molecule has 238 valence electrons. The summed E-state index contributed by atoms with van der Waals surface area (Å²) >= 11 is 9.24. The van der Waals surface area contributed by atoms with E-state index in [0.29, 0.717) is 26.4 Å². The fourth-order valence-electron chi connectivity index (χ4n) is 4.52. The molecule has 8 bridgehead atoms. The van der Waals surface area contributed by atoms with Gasteiger partial charge in [0.1, 0.15) is 23.0 Å². The zero-order chi connectivity index (χ0) is 31.6. The number of fused-ring (bicyclic) bond motifs is 8. The smallest absolute Gasteiger partial charge is 0.147 e. The standard InChI is InChI=1S/C36H39IO4S4/c1-5-18-38-33-25-12-9-13-26(33)43-28-15-11-17-30(35(28)40-20-7-3)45-32-23-24(37)22-31(36(32)41-21-8-4)44-29-16-10-14-27(42-25)34(29)39-19-6-2/h9-17,22-23H,5-8,18-21H2,1-4H3. The van der Waals surface area contributed by atoms with Crippen LogP contribution in [-0.2, 0) is 0 Å². The fraction of sp³-hybridized carbons (Fsp3) is 0.333. The molecule has 0 aliphatic carbocycles. The highest BCUT2D eigenvalue weighted by atomic mass is 127. The van der Waals surface area contributed by atoms with E-state index in [-0.39, 0.29) is 0 Å². The molecule has 0 saturated carbocycles. The van der Waals surface area contributed by atoms with Crippen LogP contribution < -0.4 is 18.9 Å². The Labute approximate surface area is 298 Å². The molecular formula is C36H39IO4S4. The van der Waals surface area contributed by atoms with Gasteiger partial charge < -0.3 is 18.9 Å². The Balaban J connectivity index is 1.76. The number of hydrogen-bond acceptors (Lipinski definition) is 8. The average Bonchev–Trinajstić information content (AvgIpc) is 3.03. The lowest BCUT2D eigenvalue weighted by atomic mass is 10.3. The van der Waals surface area contributed by atoms with Crippen molar-refractivity contribution in [2.75, 3.05) is 26.4 Å². The average molecular weight is 791 g/mol. The molecule has 45 heavy (non-hydrogen) atoms. The van der Waals surface area contributed by atoms with Gasteiger partial charge in [0, 0.05) is 3.57 Å². The molecule has 0 saturated heterocycles. The molecule has 9 heteroatoms. The third-order valence-corrected chi connectivity index (χ3v) is 11.4. The first-order valence-electron chi connectivity index (χ1n) is 15.5. The predicted molar refractivity (Wildman–Crippen MR) is 198 cm³/mol. The van der Waals surface area contributed by atoms with E-state index in [0.717, 1.165) is 91.4 Å². The Kier molecular flexibility index (Phi) is 13.3. The number of ether oxygens (including phenoxy) is 4. The van der Waals surface area contributed by atoms with Gasteiger partial charge in [-0.2, -0.15) is 0 Å². The van der Waals surface area contributed by atoms with Gasteiger partial charge in [-0.3, -0.25) is 0 Å². The summed E-state index contributed by atoms with van der Waals surface area (Å²) in [6.07, 6.45) is 3.70. The van der Waals surface area contributed by atoms with E-state index in [1.54, 1.807) is 47.0 Å². The third kappa shape index (κ3) is 8.77. The molecule has 1 aliphatic rings. The number of benzene rings is 4. The molecule has 4 nitrogen and oxygen atoms in total. The number of halogens is 1. The highest BCUT2D eigenvalue weighted by Crippen LogP contribution is 2.53. The number of para-hydroxylation sites is 3. The first-order valence-corrected chi connectivity index (χ1v) is 19.9. The van der Waals surface area contributed by atoms with Gasteiger partial charge in [0.15, 0.2) is 0 Å². The molecule has 4 aromatic rings. The van der Waals surface area contributed by atoms with E-state index in [2.05, 4.69) is 117 Å². The van der Waals surface area contributed by atoms with Crippen molar-refractivity contribution in [1.29, 1.82) is 0 Å². The molecule has 0 fully saturated rings. The summed E-state index contributed by atoms with van der Waals surface area (Å²) in [5.41, 5.74) is 0. The zero-order valence-electron chi connectivity index (χ0n) is 26.2. The van der Waals surface area contributed by atoms with Gasteiger partial charge in [-0.15, -0.1) is 0 Å². The monoisotopic (exact) mass is 790 g/mol. The van der Waals surface area contributed by atoms with Crippen molar-refractivity contribution < 1.29 is 18.9 Å². The minimum atomic E-state index is 0.640. The first kappa shape index (κ1) is 34.5. The molecule has 5 rings (SSSR count). The lowest BCUT2D eigenvalue weighted by Crippen LogP contribution is -2.02. The molecule has 0 amide bonds. The van der Waals surface area contributed by atoms with Crippen molar-refractivity contribution in [3.05, 3.63) is 70.3 Å². The van der Waals surface area contributed by atoms with Gasteiger partial charge >= 0.3 is 0 Å². The summed E-state index contributed by atoms with van der Waals surface area (Å²) in [5, 5.41) is 0. The van der Waals surface area contributed by atoms with E-state index < -0.39 is 0 Å². The van der Waals surface area contributed by atoms with E-state index in [1.807, 2.05) is 0 Å². The van der Waals surface area contributed by atoms with Crippen LogP contribution in [0.5, 0.6) is 23.0 Å².